The molecule has 0 aliphatic carbocycles. The van der Waals surface area contributed by atoms with Crippen molar-refractivity contribution in [2.75, 3.05) is 20.1 Å². The summed E-state index contributed by atoms with van der Waals surface area (Å²) in [7, 11) is -1.83. The number of sulfonamides is 1. The van der Waals surface area contributed by atoms with Crippen LogP contribution in [0.25, 0.3) is 0 Å². The Labute approximate surface area is 107 Å². The fourth-order valence-electron chi connectivity index (χ4n) is 2.17. The van der Waals surface area contributed by atoms with Gasteiger partial charge in [0.15, 0.2) is 0 Å². The molecule has 0 amide bonds. The molecule has 1 fully saturated rings. The third-order valence-corrected chi connectivity index (χ3v) is 5.06. The molecule has 1 saturated heterocycles. The van der Waals surface area contributed by atoms with Crippen molar-refractivity contribution in [3.8, 4) is 0 Å². The van der Waals surface area contributed by atoms with E-state index in [1.807, 2.05) is 0 Å². The van der Waals surface area contributed by atoms with E-state index in [-0.39, 0.29) is 4.90 Å². The first kappa shape index (κ1) is 13.5. The molecule has 6 heteroatoms. The molecule has 0 aromatic heterocycles. The minimum atomic E-state index is -3.56. The maximum Gasteiger partial charge on any atom is 0.243 e. The van der Waals surface area contributed by atoms with Crippen LogP contribution in [0.2, 0.25) is 0 Å². The molecular formula is C12H17FN2O2S. The maximum absolute atomic E-state index is 13.3. The Morgan fingerprint density at radius 1 is 1.33 bits per heavy atom. The molecule has 1 N–H and O–H groups in total. The van der Waals surface area contributed by atoms with Gasteiger partial charge < -0.3 is 5.32 Å². The molecule has 2 rings (SSSR count). The topological polar surface area (TPSA) is 49.4 Å². The molecule has 1 aromatic carbocycles. The molecule has 0 spiro atoms. The monoisotopic (exact) mass is 272 g/mol. The number of rotatable bonds is 4. The van der Waals surface area contributed by atoms with Gasteiger partial charge in [0.2, 0.25) is 10.0 Å². The van der Waals surface area contributed by atoms with Crippen molar-refractivity contribution in [2.45, 2.75) is 24.3 Å². The van der Waals surface area contributed by atoms with E-state index in [0.717, 1.165) is 18.9 Å². The van der Waals surface area contributed by atoms with Crippen LogP contribution in [0.4, 0.5) is 4.39 Å². The van der Waals surface area contributed by atoms with Crippen LogP contribution >= 0.6 is 0 Å². The summed E-state index contributed by atoms with van der Waals surface area (Å²) in [6.07, 6.45) is 1.74. The summed E-state index contributed by atoms with van der Waals surface area (Å²) in [6, 6.07) is 3.92. The molecule has 100 valence electrons. The average Bonchev–Trinajstić information content (AvgIpc) is 2.86. The maximum atomic E-state index is 13.3. The van der Waals surface area contributed by atoms with Crippen molar-refractivity contribution in [1.29, 1.82) is 0 Å². The van der Waals surface area contributed by atoms with E-state index < -0.39 is 15.8 Å². The van der Waals surface area contributed by atoms with Gasteiger partial charge in [0.25, 0.3) is 0 Å². The highest BCUT2D eigenvalue weighted by Crippen LogP contribution is 2.24. The number of halogens is 1. The Morgan fingerprint density at radius 3 is 2.61 bits per heavy atom. The molecule has 1 aliphatic rings. The number of hydrogen-bond donors (Lipinski definition) is 1. The van der Waals surface area contributed by atoms with Gasteiger partial charge in [0, 0.05) is 19.6 Å². The van der Waals surface area contributed by atoms with Gasteiger partial charge in [-0.15, -0.1) is 0 Å². The van der Waals surface area contributed by atoms with E-state index in [0.29, 0.717) is 25.2 Å². The van der Waals surface area contributed by atoms with Gasteiger partial charge in [-0.2, -0.15) is 4.31 Å². The van der Waals surface area contributed by atoms with E-state index in [4.69, 9.17) is 0 Å². The second-order valence-corrected chi connectivity index (χ2v) is 6.30. The van der Waals surface area contributed by atoms with Crippen molar-refractivity contribution < 1.29 is 12.8 Å². The van der Waals surface area contributed by atoms with Crippen molar-refractivity contribution in [2.24, 2.45) is 0 Å². The Balaban J connectivity index is 2.44. The minimum absolute atomic E-state index is 0.0822. The predicted octanol–water partition coefficient (Wildman–Crippen LogP) is 1.33. The van der Waals surface area contributed by atoms with Gasteiger partial charge in [-0.25, -0.2) is 12.8 Å². The summed E-state index contributed by atoms with van der Waals surface area (Å²) in [4.78, 5) is 0.0822. The molecule has 1 aliphatic heterocycles. The Bertz CT molecular complexity index is 525. The third kappa shape index (κ3) is 2.55. The van der Waals surface area contributed by atoms with Gasteiger partial charge in [0.1, 0.15) is 5.82 Å². The molecule has 1 heterocycles. The summed E-state index contributed by atoms with van der Waals surface area (Å²) in [5.41, 5.74) is 0.603. The van der Waals surface area contributed by atoms with Crippen LogP contribution in [0, 0.1) is 5.82 Å². The second-order valence-electron chi connectivity index (χ2n) is 4.39. The number of benzene rings is 1. The van der Waals surface area contributed by atoms with Gasteiger partial charge in [-0.05, 0) is 37.6 Å². The zero-order chi connectivity index (χ0) is 13.2. The molecule has 0 saturated carbocycles. The van der Waals surface area contributed by atoms with E-state index in [2.05, 4.69) is 5.32 Å². The lowest BCUT2D eigenvalue weighted by Crippen LogP contribution is -2.29. The highest BCUT2D eigenvalue weighted by atomic mass is 32.2. The van der Waals surface area contributed by atoms with Crippen LogP contribution in [0.15, 0.2) is 23.1 Å². The SMILES string of the molecule is CNCc1ccc(F)cc1S(=O)(=O)N1CCCC1. The van der Waals surface area contributed by atoms with Crippen LogP contribution in [-0.2, 0) is 16.6 Å². The average molecular weight is 272 g/mol. The quantitative estimate of drug-likeness (QED) is 0.899. The van der Waals surface area contributed by atoms with Crippen LogP contribution in [0.1, 0.15) is 18.4 Å². The van der Waals surface area contributed by atoms with Crippen LogP contribution in [0.5, 0.6) is 0 Å². The fraction of sp³-hybridized carbons (Fsp3) is 0.500. The molecule has 0 bridgehead atoms. The second kappa shape index (κ2) is 5.34. The van der Waals surface area contributed by atoms with E-state index in [9.17, 15) is 12.8 Å². The van der Waals surface area contributed by atoms with E-state index >= 15 is 0 Å². The lowest BCUT2D eigenvalue weighted by molar-refractivity contribution is 0.475. The van der Waals surface area contributed by atoms with Crippen molar-refractivity contribution in [3.63, 3.8) is 0 Å². The predicted molar refractivity (Wildman–Crippen MR) is 67.2 cm³/mol. The number of hydrogen-bond acceptors (Lipinski definition) is 3. The number of nitrogens with one attached hydrogen (secondary N) is 1. The zero-order valence-electron chi connectivity index (χ0n) is 10.3. The van der Waals surface area contributed by atoms with Gasteiger partial charge in [-0.1, -0.05) is 6.07 Å². The standard InChI is InChI=1S/C12H17FN2O2S/c1-14-9-10-4-5-11(13)8-12(10)18(16,17)15-6-2-3-7-15/h4-5,8,14H,2-3,6-7,9H2,1H3. The summed E-state index contributed by atoms with van der Waals surface area (Å²) in [6.45, 7) is 1.46. The first-order chi connectivity index (χ1) is 8.55. The smallest absolute Gasteiger partial charge is 0.243 e. The summed E-state index contributed by atoms with van der Waals surface area (Å²) in [5.74, 6) is -0.521. The first-order valence-electron chi connectivity index (χ1n) is 5.99. The Morgan fingerprint density at radius 2 is 2.00 bits per heavy atom. The summed E-state index contributed by atoms with van der Waals surface area (Å²) >= 11 is 0. The molecule has 0 unspecified atom stereocenters. The summed E-state index contributed by atoms with van der Waals surface area (Å²) in [5, 5.41) is 2.90. The first-order valence-corrected chi connectivity index (χ1v) is 7.43. The molecule has 18 heavy (non-hydrogen) atoms. The highest BCUT2D eigenvalue weighted by Gasteiger charge is 2.29. The molecule has 1 aromatic rings. The molecule has 0 atom stereocenters. The molecule has 0 radical (unpaired) electrons. The van der Waals surface area contributed by atoms with Gasteiger partial charge in [-0.3, -0.25) is 0 Å². The highest BCUT2D eigenvalue weighted by molar-refractivity contribution is 7.89. The van der Waals surface area contributed by atoms with Crippen molar-refractivity contribution >= 4 is 10.0 Å². The van der Waals surface area contributed by atoms with Crippen LogP contribution in [0.3, 0.4) is 0 Å². The minimum Gasteiger partial charge on any atom is -0.316 e. The van der Waals surface area contributed by atoms with E-state index in [1.54, 1.807) is 7.05 Å². The fourth-order valence-corrected chi connectivity index (χ4v) is 3.92. The normalized spacial score (nSPS) is 17.2. The Kier molecular flexibility index (Phi) is 3.99. The molecular weight excluding hydrogens is 255 g/mol. The van der Waals surface area contributed by atoms with E-state index in [1.165, 1.54) is 16.4 Å². The van der Waals surface area contributed by atoms with Crippen molar-refractivity contribution in [3.05, 3.63) is 29.6 Å². The lowest BCUT2D eigenvalue weighted by Gasteiger charge is -2.18. The van der Waals surface area contributed by atoms with Crippen LogP contribution < -0.4 is 5.32 Å². The number of nitrogens with zero attached hydrogens (tertiary/aromatic N) is 1. The lowest BCUT2D eigenvalue weighted by atomic mass is 10.2. The summed E-state index contributed by atoms with van der Waals surface area (Å²) < 4.78 is 39.6. The molecule has 4 nitrogen and oxygen atoms in total. The van der Waals surface area contributed by atoms with Crippen molar-refractivity contribution in [1.82, 2.24) is 9.62 Å². The third-order valence-electron chi connectivity index (χ3n) is 3.08. The van der Waals surface area contributed by atoms with Gasteiger partial charge in [0.05, 0.1) is 4.90 Å². The zero-order valence-corrected chi connectivity index (χ0v) is 11.1. The van der Waals surface area contributed by atoms with Crippen LogP contribution in [-0.4, -0.2) is 32.9 Å². The van der Waals surface area contributed by atoms with Gasteiger partial charge >= 0.3 is 0 Å². The largest absolute Gasteiger partial charge is 0.316 e. The Hall–Kier alpha value is -0.980.